The number of rotatable bonds is 5. The van der Waals surface area contributed by atoms with E-state index in [0.29, 0.717) is 0 Å². The van der Waals surface area contributed by atoms with Gasteiger partial charge in [0.1, 0.15) is 6.04 Å². The van der Waals surface area contributed by atoms with Crippen molar-refractivity contribution < 1.29 is 4.79 Å². The molecule has 96 valence electrons. The third-order valence-corrected chi connectivity index (χ3v) is 3.01. The van der Waals surface area contributed by atoms with Crippen LogP contribution < -0.4 is 5.73 Å². The first-order valence-corrected chi connectivity index (χ1v) is 6.08. The van der Waals surface area contributed by atoms with E-state index in [-0.39, 0.29) is 18.0 Å². The molecule has 0 saturated carbocycles. The van der Waals surface area contributed by atoms with Gasteiger partial charge in [-0.15, -0.1) is 0 Å². The summed E-state index contributed by atoms with van der Waals surface area (Å²) in [6.07, 6.45) is 3.39. The van der Waals surface area contributed by atoms with Gasteiger partial charge in [0.05, 0.1) is 12.0 Å². The van der Waals surface area contributed by atoms with Crippen molar-refractivity contribution in [2.45, 2.75) is 39.8 Å². The van der Waals surface area contributed by atoms with E-state index in [1.807, 2.05) is 37.2 Å². The average Bonchev–Trinajstić information content (AvgIpc) is 2.78. The van der Waals surface area contributed by atoms with Crippen LogP contribution in [0.4, 0.5) is 0 Å². The van der Waals surface area contributed by atoms with Crippen LogP contribution in [0, 0.1) is 0 Å². The molecule has 0 aliphatic carbocycles. The lowest BCUT2D eigenvalue weighted by molar-refractivity contribution is -0.133. The Morgan fingerprint density at radius 3 is 2.53 bits per heavy atom. The van der Waals surface area contributed by atoms with Gasteiger partial charge in [0.25, 0.3) is 0 Å². The van der Waals surface area contributed by atoms with Crippen LogP contribution in [0.25, 0.3) is 0 Å². The number of hydrogen-bond acceptors (Lipinski definition) is 3. The largest absolute Gasteiger partial charge is 0.341 e. The summed E-state index contributed by atoms with van der Waals surface area (Å²) in [6, 6.07) is -0.372. The summed E-state index contributed by atoms with van der Waals surface area (Å²) in [7, 11) is 0. The summed E-state index contributed by atoms with van der Waals surface area (Å²) in [4.78, 5) is 18.1. The molecule has 2 atom stereocenters. The fraction of sp³-hybridized carbons (Fsp3) is 0.667. The Morgan fingerprint density at radius 1 is 1.47 bits per heavy atom. The molecule has 17 heavy (non-hydrogen) atoms. The molecule has 0 saturated heterocycles. The van der Waals surface area contributed by atoms with Gasteiger partial charge in [0.15, 0.2) is 0 Å². The van der Waals surface area contributed by atoms with Crippen molar-refractivity contribution >= 4 is 5.91 Å². The molecule has 1 aromatic heterocycles. The molecular formula is C12H22N4O. The zero-order valence-corrected chi connectivity index (χ0v) is 11.1. The van der Waals surface area contributed by atoms with Gasteiger partial charge in [-0.1, -0.05) is 0 Å². The third kappa shape index (κ3) is 2.85. The Morgan fingerprint density at radius 2 is 2.06 bits per heavy atom. The highest BCUT2D eigenvalue weighted by Gasteiger charge is 2.22. The third-order valence-electron chi connectivity index (χ3n) is 3.01. The molecule has 0 bridgehead atoms. The van der Waals surface area contributed by atoms with Crippen LogP contribution in [0.2, 0.25) is 0 Å². The van der Waals surface area contributed by atoms with Crippen LogP contribution in [-0.4, -0.2) is 33.4 Å². The Labute approximate surface area is 103 Å². The van der Waals surface area contributed by atoms with Gasteiger partial charge in [-0.2, -0.15) is 0 Å². The van der Waals surface area contributed by atoms with Crippen molar-refractivity contribution in [2.24, 2.45) is 5.73 Å². The number of nitrogens with two attached hydrogens (primary N) is 1. The quantitative estimate of drug-likeness (QED) is 0.841. The van der Waals surface area contributed by atoms with E-state index in [1.165, 1.54) is 0 Å². The van der Waals surface area contributed by atoms with E-state index < -0.39 is 0 Å². The standard InChI is InChI=1S/C12H22N4O/c1-5-15(6-2)12(17)10(4)16-8-14-7-11(16)9(3)13/h7-10H,5-6,13H2,1-4H3/t9-,10?/m0/s1. The summed E-state index contributed by atoms with van der Waals surface area (Å²) in [5.74, 6) is 0.106. The van der Waals surface area contributed by atoms with E-state index in [0.717, 1.165) is 18.8 Å². The van der Waals surface area contributed by atoms with Crippen LogP contribution in [0.15, 0.2) is 12.5 Å². The summed E-state index contributed by atoms with van der Waals surface area (Å²) < 4.78 is 1.85. The average molecular weight is 238 g/mol. The van der Waals surface area contributed by atoms with E-state index in [1.54, 1.807) is 12.5 Å². The molecule has 1 aromatic rings. The molecule has 0 aliphatic heterocycles. The van der Waals surface area contributed by atoms with E-state index in [4.69, 9.17) is 5.73 Å². The molecule has 5 heteroatoms. The van der Waals surface area contributed by atoms with Gasteiger partial charge in [-0.3, -0.25) is 4.79 Å². The Hall–Kier alpha value is -1.36. The lowest BCUT2D eigenvalue weighted by Crippen LogP contribution is -2.36. The molecular weight excluding hydrogens is 216 g/mol. The molecule has 5 nitrogen and oxygen atoms in total. The second-order valence-corrected chi connectivity index (χ2v) is 4.20. The maximum atomic E-state index is 12.2. The molecule has 1 unspecified atom stereocenters. The molecule has 1 heterocycles. The van der Waals surface area contributed by atoms with Crippen LogP contribution >= 0.6 is 0 Å². The van der Waals surface area contributed by atoms with Gasteiger partial charge in [-0.25, -0.2) is 4.98 Å². The summed E-state index contributed by atoms with van der Waals surface area (Å²) in [5, 5.41) is 0. The first-order chi connectivity index (χ1) is 8.02. The molecule has 0 radical (unpaired) electrons. The first-order valence-electron chi connectivity index (χ1n) is 6.08. The topological polar surface area (TPSA) is 64.2 Å². The number of carbonyl (C=O) groups is 1. The highest BCUT2D eigenvalue weighted by atomic mass is 16.2. The number of carbonyl (C=O) groups excluding carboxylic acids is 1. The maximum absolute atomic E-state index is 12.2. The van der Waals surface area contributed by atoms with Crippen molar-refractivity contribution in [2.75, 3.05) is 13.1 Å². The van der Waals surface area contributed by atoms with Gasteiger partial charge < -0.3 is 15.2 Å². The van der Waals surface area contributed by atoms with E-state index in [9.17, 15) is 4.79 Å². The lowest BCUT2D eigenvalue weighted by atomic mass is 10.2. The van der Waals surface area contributed by atoms with Crippen molar-refractivity contribution in [1.29, 1.82) is 0 Å². The highest BCUT2D eigenvalue weighted by Crippen LogP contribution is 2.17. The molecule has 0 spiro atoms. The fourth-order valence-electron chi connectivity index (χ4n) is 1.91. The Balaban J connectivity index is 2.92. The minimum absolute atomic E-state index is 0.106. The monoisotopic (exact) mass is 238 g/mol. The highest BCUT2D eigenvalue weighted by molar-refractivity contribution is 5.80. The van der Waals surface area contributed by atoms with Crippen LogP contribution in [0.5, 0.6) is 0 Å². The van der Waals surface area contributed by atoms with Gasteiger partial charge in [0.2, 0.25) is 5.91 Å². The lowest BCUT2D eigenvalue weighted by Gasteiger charge is -2.25. The molecule has 0 aromatic carbocycles. The zero-order valence-electron chi connectivity index (χ0n) is 11.1. The predicted octanol–water partition coefficient (Wildman–Crippen LogP) is 1.33. The first kappa shape index (κ1) is 13.7. The van der Waals surface area contributed by atoms with Crippen molar-refractivity contribution in [3.63, 3.8) is 0 Å². The molecule has 1 rings (SSSR count). The molecule has 0 aliphatic rings. The number of likely N-dealkylation sites (N-methyl/N-ethyl adjacent to an activating group) is 1. The van der Waals surface area contributed by atoms with Gasteiger partial charge >= 0.3 is 0 Å². The summed E-state index contributed by atoms with van der Waals surface area (Å²) >= 11 is 0. The second kappa shape index (κ2) is 5.82. The fourth-order valence-corrected chi connectivity index (χ4v) is 1.91. The van der Waals surface area contributed by atoms with Crippen LogP contribution in [0.1, 0.15) is 45.5 Å². The zero-order chi connectivity index (χ0) is 13.0. The molecule has 0 fully saturated rings. The van der Waals surface area contributed by atoms with Crippen molar-refractivity contribution in [1.82, 2.24) is 14.5 Å². The second-order valence-electron chi connectivity index (χ2n) is 4.20. The van der Waals surface area contributed by atoms with Gasteiger partial charge in [-0.05, 0) is 27.7 Å². The minimum atomic E-state index is -0.251. The predicted molar refractivity (Wildman–Crippen MR) is 67.5 cm³/mol. The van der Waals surface area contributed by atoms with E-state index in [2.05, 4.69) is 4.98 Å². The number of hydrogen-bond donors (Lipinski definition) is 1. The van der Waals surface area contributed by atoms with Gasteiger partial charge in [0, 0.05) is 25.3 Å². The Kier molecular flexibility index (Phi) is 4.69. The summed E-state index contributed by atoms with van der Waals surface area (Å²) in [5.41, 5.74) is 6.74. The van der Waals surface area contributed by atoms with Crippen molar-refractivity contribution in [3.05, 3.63) is 18.2 Å². The van der Waals surface area contributed by atoms with Crippen molar-refractivity contribution in [3.8, 4) is 0 Å². The normalized spacial score (nSPS) is 14.4. The smallest absolute Gasteiger partial charge is 0.245 e. The molecule has 2 N–H and O–H groups in total. The SMILES string of the molecule is CCN(CC)C(=O)C(C)n1cncc1[C@H](C)N. The molecule has 1 amide bonds. The summed E-state index contributed by atoms with van der Waals surface area (Å²) in [6.45, 7) is 9.18. The number of amides is 1. The number of nitrogens with zero attached hydrogens (tertiary/aromatic N) is 3. The van der Waals surface area contributed by atoms with Crippen LogP contribution in [-0.2, 0) is 4.79 Å². The number of aromatic nitrogens is 2. The van der Waals surface area contributed by atoms with E-state index >= 15 is 0 Å². The van der Waals surface area contributed by atoms with Crippen LogP contribution in [0.3, 0.4) is 0 Å². The minimum Gasteiger partial charge on any atom is -0.341 e. The Bertz CT molecular complexity index is 368. The number of imidazole rings is 1. The maximum Gasteiger partial charge on any atom is 0.245 e.